The standard InChI is InChI=1S/C30H35N5O/c36-30(32-22-17-24-5-3-6-25(18-22)35(24)23-11-12-23)31-21-10-14-27-20(16-21)9-15-29(33-27)34-28-13-8-19-4-1-2-7-26(19)28/h1-2,4,7,9-10,14-16,22-25,28H,3,5-6,8,11-13,17-18H2,(H,33,34)(H2,31,32,36)/t22?,24-,25+,28-/m1/s1. The van der Waals surface area contributed by atoms with Crippen molar-refractivity contribution in [1.82, 2.24) is 15.2 Å². The Morgan fingerprint density at radius 1 is 0.889 bits per heavy atom. The van der Waals surface area contributed by atoms with Crippen molar-refractivity contribution in [2.75, 3.05) is 10.6 Å². The second-order valence-electron chi connectivity index (χ2n) is 11.2. The number of carbonyl (C=O) groups is 1. The molecule has 1 unspecified atom stereocenters. The van der Waals surface area contributed by atoms with Gasteiger partial charge in [-0.2, -0.15) is 0 Å². The highest BCUT2D eigenvalue weighted by Gasteiger charge is 2.45. The first-order valence-corrected chi connectivity index (χ1v) is 13.8. The summed E-state index contributed by atoms with van der Waals surface area (Å²) in [5, 5.41) is 11.0. The molecule has 6 nitrogen and oxygen atoms in total. The van der Waals surface area contributed by atoms with Crippen LogP contribution in [0.5, 0.6) is 0 Å². The summed E-state index contributed by atoms with van der Waals surface area (Å²) in [7, 11) is 0. The van der Waals surface area contributed by atoms with Gasteiger partial charge in [-0.25, -0.2) is 9.78 Å². The number of carbonyl (C=O) groups excluding carboxylic acids is 1. The maximum Gasteiger partial charge on any atom is 0.319 e. The molecule has 1 saturated carbocycles. The number of benzene rings is 2. The molecule has 6 heteroatoms. The van der Waals surface area contributed by atoms with Crippen molar-refractivity contribution in [3.63, 3.8) is 0 Å². The molecule has 2 bridgehead atoms. The van der Waals surface area contributed by atoms with Gasteiger partial charge in [0.1, 0.15) is 5.82 Å². The van der Waals surface area contributed by atoms with E-state index in [0.717, 1.165) is 54.1 Å². The maximum absolute atomic E-state index is 12.9. The summed E-state index contributed by atoms with van der Waals surface area (Å²) in [6, 6.07) is 21.4. The number of nitrogens with zero attached hydrogens (tertiary/aromatic N) is 2. The molecule has 2 aliphatic heterocycles. The minimum absolute atomic E-state index is 0.0940. The molecule has 2 saturated heterocycles. The number of hydrogen-bond acceptors (Lipinski definition) is 4. The third-order valence-electron chi connectivity index (χ3n) is 8.74. The molecule has 1 aromatic heterocycles. The second kappa shape index (κ2) is 9.07. The SMILES string of the molecule is O=C(Nc1ccc2nc(N[C@@H]3CCc4ccccc43)ccc2c1)NC1C[C@H]2CCC[C@@H](C1)N2C1CC1. The summed E-state index contributed by atoms with van der Waals surface area (Å²) in [6.07, 6.45) is 11.0. The summed E-state index contributed by atoms with van der Waals surface area (Å²) >= 11 is 0. The zero-order valence-electron chi connectivity index (χ0n) is 20.7. The van der Waals surface area contributed by atoms with Crippen LogP contribution in [0.25, 0.3) is 10.9 Å². The molecule has 186 valence electrons. The Bertz CT molecular complexity index is 1270. The molecule has 3 fully saturated rings. The van der Waals surface area contributed by atoms with Crippen LogP contribution in [-0.4, -0.2) is 40.1 Å². The highest BCUT2D eigenvalue weighted by molar-refractivity contribution is 5.93. The summed E-state index contributed by atoms with van der Waals surface area (Å²) in [5.74, 6) is 0.894. The van der Waals surface area contributed by atoms with E-state index in [4.69, 9.17) is 4.98 Å². The van der Waals surface area contributed by atoms with Gasteiger partial charge in [-0.1, -0.05) is 30.7 Å². The van der Waals surface area contributed by atoms with Crippen molar-refractivity contribution >= 4 is 28.4 Å². The van der Waals surface area contributed by atoms with E-state index >= 15 is 0 Å². The zero-order chi connectivity index (χ0) is 24.1. The first-order chi connectivity index (χ1) is 17.7. The number of urea groups is 1. The predicted molar refractivity (Wildman–Crippen MR) is 144 cm³/mol. The number of fused-ring (bicyclic) bond motifs is 4. The fourth-order valence-corrected chi connectivity index (χ4v) is 7.03. The molecule has 2 amide bonds. The van der Waals surface area contributed by atoms with Gasteiger partial charge in [0.2, 0.25) is 0 Å². The minimum Gasteiger partial charge on any atom is -0.363 e. The Morgan fingerprint density at radius 2 is 1.72 bits per heavy atom. The topological polar surface area (TPSA) is 69.3 Å². The van der Waals surface area contributed by atoms with Gasteiger partial charge in [-0.15, -0.1) is 0 Å². The molecule has 3 aromatic rings. The average Bonchev–Trinajstić information content (AvgIpc) is 3.64. The normalized spacial score (nSPS) is 27.4. The van der Waals surface area contributed by atoms with Crippen molar-refractivity contribution in [2.45, 2.75) is 88.0 Å². The van der Waals surface area contributed by atoms with Crippen LogP contribution in [0.2, 0.25) is 0 Å². The highest BCUT2D eigenvalue weighted by atomic mass is 16.2. The van der Waals surface area contributed by atoms with Gasteiger partial charge in [0, 0.05) is 35.2 Å². The van der Waals surface area contributed by atoms with Gasteiger partial charge in [-0.05, 0) is 92.8 Å². The number of pyridine rings is 1. The summed E-state index contributed by atoms with van der Waals surface area (Å²) in [6.45, 7) is 0. The van der Waals surface area contributed by atoms with Gasteiger partial charge >= 0.3 is 6.03 Å². The molecule has 36 heavy (non-hydrogen) atoms. The summed E-state index contributed by atoms with van der Waals surface area (Å²) in [5.41, 5.74) is 4.55. The molecule has 4 aliphatic rings. The van der Waals surface area contributed by atoms with Gasteiger partial charge < -0.3 is 16.0 Å². The van der Waals surface area contributed by atoms with Crippen LogP contribution in [0.3, 0.4) is 0 Å². The lowest BCUT2D eigenvalue weighted by Gasteiger charge is -2.49. The lowest BCUT2D eigenvalue weighted by atomic mass is 9.81. The largest absolute Gasteiger partial charge is 0.363 e. The minimum atomic E-state index is -0.0940. The molecule has 0 radical (unpaired) electrons. The van der Waals surface area contributed by atoms with E-state index in [1.165, 1.54) is 43.2 Å². The quantitative estimate of drug-likeness (QED) is 0.418. The lowest BCUT2D eigenvalue weighted by Crippen LogP contribution is -2.58. The molecular formula is C30H35N5O. The van der Waals surface area contributed by atoms with E-state index in [1.807, 2.05) is 24.3 Å². The van der Waals surface area contributed by atoms with E-state index in [9.17, 15) is 4.79 Å². The van der Waals surface area contributed by atoms with Crippen LogP contribution >= 0.6 is 0 Å². The average molecular weight is 482 g/mol. The number of amides is 2. The maximum atomic E-state index is 12.9. The molecule has 2 aromatic carbocycles. The fraction of sp³-hybridized carbons (Fsp3) is 0.467. The molecular weight excluding hydrogens is 446 g/mol. The van der Waals surface area contributed by atoms with Crippen molar-refractivity contribution in [2.24, 2.45) is 0 Å². The van der Waals surface area contributed by atoms with Crippen LogP contribution in [0.15, 0.2) is 54.6 Å². The van der Waals surface area contributed by atoms with E-state index in [-0.39, 0.29) is 12.1 Å². The smallest absolute Gasteiger partial charge is 0.319 e. The monoisotopic (exact) mass is 481 g/mol. The van der Waals surface area contributed by atoms with Gasteiger partial charge in [0.25, 0.3) is 0 Å². The van der Waals surface area contributed by atoms with E-state index in [0.29, 0.717) is 18.1 Å². The van der Waals surface area contributed by atoms with E-state index < -0.39 is 0 Å². The third kappa shape index (κ3) is 4.32. The van der Waals surface area contributed by atoms with Crippen molar-refractivity contribution in [3.05, 3.63) is 65.7 Å². The van der Waals surface area contributed by atoms with Crippen LogP contribution in [0, 0.1) is 0 Å². The summed E-state index contributed by atoms with van der Waals surface area (Å²) in [4.78, 5) is 20.5. The van der Waals surface area contributed by atoms with E-state index in [2.05, 4.69) is 51.2 Å². The van der Waals surface area contributed by atoms with Crippen molar-refractivity contribution < 1.29 is 4.79 Å². The molecule has 2 aliphatic carbocycles. The summed E-state index contributed by atoms with van der Waals surface area (Å²) < 4.78 is 0. The number of nitrogens with one attached hydrogen (secondary N) is 3. The number of piperidine rings is 2. The fourth-order valence-electron chi connectivity index (χ4n) is 7.03. The molecule has 4 atom stereocenters. The number of aromatic nitrogens is 1. The first kappa shape index (κ1) is 22.1. The third-order valence-corrected chi connectivity index (χ3v) is 8.74. The first-order valence-electron chi connectivity index (χ1n) is 13.8. The number of aryl methyl sites for hydroxylation is 1. The highest BCUT2D eigenvalue weighted by Crippen LogP contribution is 2.42. The van der Waals surface area contributed by atoms with E-state index in [1.54, 1.807) is 0 Å². The molecule has 7 rings (SSSR count). The Morgan fingerprint density at radius 3 is 2.56 bits per heavy atom. The Kier molecular flexibility index (Phi) is 5.57. The Labute approximate surface area is 212 Å². The van der Waals surface area contributed by atoms with Crippen LogP contribution in [-0.2, 0) is 6.42 Å². The number of rotatable bonds is 5. The Balaban J connectivity index is 0.986. The van der Waals surface area contributed by atoms with Crippen LogP contribution < -0.4 is 16.0 Å². The lowest BCUT2D eigenvalue weighted by molar-refractivity contribution is 0.0198. The molecule has 3 heterocycles. The van der Waals surface area contributed by atoms with Crippen LogP contribution in [0.1, 0.15) is 68.5 Å². The zero-order valence-corrected chi connectivity index (χ0v) is 20.7. The number of hydrogen-bond donors (Lipinski definition) is 3. The number of anilines is 2. The molecule has 3 N–H and O–H groups in total. The second-order valence-corrected chi connectivity index (χ2v) is 11.2. The predicted octanol–water partition coefficient (Wildman–Crippen LogP) is 6.00. The Hall–Kier alpha value is -3.12. The van der Waals surface area contributed by atoms with Gasteiger partial charge in [-0.3, -0.25) is 4.90 Å². The van der Waals surface area contributed by atoms with Crippen LogP contribution in [0.4, 0.5) is 16.3 Å². The van der Waals surface area contributed by atoms with Gasteiger partial charge in [0.15, 0.2) is 0 Å². The van der Waals surface area contributed by atoms with Crippen molar-refractivity contribution in [1.29, 1.82) is 0 Å². The molecule has 0 spiro atoms. The van der Waals surface area contributed by atoms with Gasteiger partial charge in [0.05, 0.1) is 11.6 Å². The van der Waals surface area contributed by atoms with Crippen molar-refractivity contribution in [3.8, 4) is 0 Å².